The van der Waals surface area contributed by atoms with Crippen molar-refractivity contribution in [2.45, 2.75) is 18.2 Å². The van der Waals surface area contributed by atoms with Crippen LogP contribution in [0.15, 0.2) is 83.8 Å². The predicted molar refractivity (Wildman–Crippen MR) is 128 cm³/mol. The van der Waals surface area contributed by atoms with Crippen LogP contribution in [0, 0.1) is 0 Å². The quantitative estimate of drug-likeness (QED) is 0.464. The molecule has 0 bridgehead atoms. The summed E-state index contributed by atoms with van der Waals surface area (Å²) in [5, 5.41) is 2.82. The molecule has 0 spiro atoms. The van der Waals surface area contributed by atoms with Gasteiger partial charge in [-0.3, -0.25) is 9.10 Å². The fourth-order valence-electron chi connectivity index (χ4n) is 3.26. The molecule has 0 atom stereocenters. The van der Waals surface area contributed by atoms with E-state index in [2.05, 4.69) is 5.32 Å². The maximum atomic E-state index is 12.9. The molecule has 1 amide bonds. The number of rotatable bonds is 11. The fraction of sp³-hybridized carbons (Fsp3) is 0.240. The van der Waals surface area contributed by atoms with Crippen LogP contribution in [0.2, 0.25) is 0 Å². The first kappa shape index (κ1) is 24.1. The Kier molecular flexibility index (Phi) is 8.32. The summed E-state index contributed by atoms with van der Waals surface area (Å²) >= 11 is 0. The molecular weight excluding hydrogens is 440 g/mol. The molecule has 0 aliphatic heterocycles. The minimum atomic E-state index is -3.66. The van der Waals surface area contributed by atoms with Crippen LogP contribution in [0.25, 0.3) is 0 Å². The largest absolute Gasteiger partial charge is 0.497 e. The van der Waals surface area contributed by atoms with Gasteiger partial charge in [-0.25, -0.2) is 8.42 Å². The lowest BCUT2D eigenvalue weighted by Crippen LogP contribution is -2.31. The first-order valence-corrected chi connectivity index (χ1v) is 12.1. The molecule has 0 saturated carbocycles. The standard InChI is InChI=1S/C25H28N2O5S/c1-3-27(33(29,30)24-7-5-4-6-8-24)21-11-15-23(16-12-21)32-19-25(28)26-18-17-20-9-13-22(31-2)14-10-20/h4-16H,3,17-19H2,1-2H3,(H,26,28). The van der Waals surface area contributed by atoms with E-state index in [1.807, 2.05) is 24.3 Å². The number of carbonyl (C=O) groups excluding carboxylic acids is 1. The molecule has 33 heavy (non-hydrogen) atoms. The summed E-state index contributed by atoms with van der Waals surface area (Å²) in [6.07, 6.45) is 0.702. The van der Waals surface area contributed by atoms with Gasteiger partial charge < -0.3 is 14.8 Å². The lowest BCUT2D eigenvalue weighted by Gasteiger charge is -2.23. The number of sulfonamides is 1. The van der Waals surface area contributed by atoms with Gasteiger partial charge in [0.15, 0.2) is 6.61 Å². The highest BCUT2D eigenvalue weighted by atomic mass is 32.2. The summed E-state index contributed by atoms with van der Waals surface area (Å²) in [7, 11) is -2.04. The first-order valence-electron chi connectivity index (χ1n) is 10.6. The molecule has 0 unspecified atom stereocenters. The Morgan fingerprint density at radius 1 is 0.909 bits per heavy atom. The third-order valence-electron chi connectivity index (χ3n) is 5.01. The Morgan fingerprint density at radius 3 is 2.15 bits per heavy atom. The zero-order valence-electron chi connectivity index (χ0n) is 18.7. The smallest absolute Gasteiger partial charge is 0.264 e. The van der Waals surface area contributed by atoms with Gasteiger partial charge in [-0.15, -0.1) is 0 Å². The SMILES string of the molecule is CCN(c1ccc(OCC(=O)NCCc2ccc(OC)cc2)cc1)S(=O)(=O)c1ccccc1. The van der Waals surface area contributed by atoms with Crippen molar-refractivity contribution in [2.75, 3.05) is 31.1 Å². The van der Waals surface area contributed by atoms with Crippen LogP contribution in [0.5, 0.6) is 11.5 Å². The molecule has 8 heteroatoms. The molecule has 0 aliphatic carbocycles. The van der Waals surface area contributed by atoms with E-state index in [4.69, 9.17) is 9.47 Å². The number of ether oxygens (including phenoxy) is 2. The van der Waals surface area contributed by atoms with Gasteiger partial charge >= 0.3 is 0 Å². The second-order valence-corrected chi connectivity index (χ2v) is 9.08. The molecular formula is C25H28N2O5S. The summed E-state index contributed by atoms with van der Waals surface area (Å²) in [6.45, 7) is 2.44. The van der Waals surface area contributed by atoms with E-state index < -0.39 is 10.0 Å². The Labute approximate surface area is 195 Å². The van der Waals surface area contributed by atoms with Crippen molar-refractivity contribution in [3.63, 3.8) is 0 Å². The number of benzene rings is 3. The van der Waals surface area contributed by atoms with Crippen molar-refractivity contribution >= 4 is 21.6 Å². The average molecular weight is 469 g/mol. The highest BCUT2D eigenvalue weighted by molar-refractivity contribution is 7.92. The van der Waals surface area contributed by atoms with Crippen LogP contribution in [0.1, 0.15) is 12.5 Å². The number of amides is 1. The number of carbonyl (C=O) groups is 1. The van der Waals surface area contributed by atoms with E-state index in [1.165, 1.54) is 4.31 Å². The zero-order valence-corrected chi connectivity index (χ0v) is 19.5. The van der Waals surface area contributed by atoms with E-state index in [9.17, 15) is 13.2 Å². The van der Waals surface area contributed by atoms with Gasteiger partial charge in [-0.05, 0) is 67.4 Å². The molecule has 3 aromatic rings. The summed E-state index contributed by atoms with van der Waals surface area (Å²) in [4.78, 5) is 12.3. The maximum absolute atomic E-state index is 12.9. The van der Waals surface area contributed by atoms with Crippen molar-refractivity contribution in [1.82, 2.24) is 5.32 Å². The van der Waals surface area contributed by atoms with Gasteiger partial charge in [0.05, 0.1) is 17.7 Å². The molecule has 7 nitrogen and oxygen atoms in total. The van der Waals surface area contributed by atoms with Crippen molar-refractivity contribution in [3.05, 3.63) is 84.4 Å². The van der Waals surface area contributed by atoms with Gasteiger partial charge in [0.1, 0.15) is 11.5 Å². The van der Waals surface area contributed by atoms with Gasteiger partial charge in [0, 0.05) is 13.1 Å². The molecule has 0 heterocycles. The van der Waals surface area contributed by atoms with E-state index in [0.29, 0.717) is 24.4 Å². The van der Waals surface area contributed by atoms with Crippen LogP contribution in [-0.4, -0.2) is 41.1 Å². The number of nitrogens with one attached hydrogen (secondary N) is 1. The van der Waals surface area contributed by atoms with Gasteiger partial charge in [0.2, 0.25) is 0 Å². The topological polar surface area (TPSA) is 84.9 Å². The second-order valence-electron chi connectivity index (χ2n) is 7.21. The third kappa shape index (κ3) is 6.49. The van der Waals surface area contributed by atoms with Crippen molar-refractivity contribution < 1.29 is 22.7 Å². The zero-order chi connectivity index (χ0) is 23.7. The Hall–Kier alpha value is -3.52. The number of hydrogen-bond donors (Lipinski definition) is 1. The van der Waals surface area contributed by atoms with E-state index >= 15 is 0 Å². The number of methoxy groups -OCH3 is 1. The first-order chi connectivity index (χ1) is 15.9. The summed E-state index contributed by atoms with van der Waals surface area (Å²) < 4.78 is 37.9. The van der Waals surface area contributed by atoms with E-state index in [1.54, 1.807) is 68.6 Å². The summed E-state index contributed by atoms with van der Waals surface area (Å²) in [5.41, 5.74) is 1.62. The minimum absolute atomic E-state index is 0.123. The van der Waals surface area contributed by atoms with Crippen molar-refractivity contribution in [1.29, 1.82) is 0 Å². The number of anilines is 1. The van der Waals surface area contributed by atoms with Crippen LogP contribution < -0.4 is 19.1 Å². The summed E-state index contributed by atoms with van der Waals surface area (Å²) in [5.74, 6) is 1.05. The Bertz CT molecular complexity index is 1130. The predicted octanol–water partition coefficient (Wildman–Crippen LogP) is 3.65. The Balaban J connectivity index is 1.50. The highest BCUT2D eigenvalue weighted by Crippen LogP contribution is 2.25. The van der Waals surface area contributed by atoms with Gasteiger partial charge in [0.25, 0.3) is 15.9 Å². The molecule has 0 aliphatic rings. The molecule has 1 N–H and O–H groups in total. The minimum Gasteiger partial charge on any atom is -0.497 e. The molecule has 0 saturated heterocycles. The van der Waals surface area contributed by atoms with Gasteiger partial charge in [-0.1, -0.05) is 30.3 Å². The third-order valence-corrected chi connectivity index (χ3v) is 6.93. The Morgan fingerprint density at radius 2 is 1.55 bits per heavy atom. The lowest BCUT2D eigenvalue weighted by molar-refractivity contribution is -0.123. The van der Waals surface area contributed by atoms with Crippen LogP contribution in [0.3, 0.4) is 0 Å². The molecule has 3 aromatic carbocycles. The van der Waals surface area contributed by atoms with Gasteiger partial charge in [-0.2, -0.15) is 0 Å². The summed E-state index contributed by atoms with van der Waals surface area (Å²) in [6, 6.07) is 22.6. The second kappa shape index (κ2) is 11.4. The molecule has 0 fully saturated rings. The highest BCUT2D eigenvalue weighted by Gasteiger charge is 2.23. The molecule has 0 aromatic heterocycles. The maximum Gasteiger partial charge on any atom is 0.264 e. The van der Waals surface area contributed by atoms with Crippen LogP contribution in [-0.2, 0) is 21.2 Å². The average Bonchev–Trinajstić information content (AvgIpc) is 2.85. The lowest BCUT2D eigenvalue weighted by atomic mass is 10.1. The van der Waals surface area contributed by atoms with Crippen molar-refractivity contribution in [3.8, 4) is 11.5 Å². The molecule has 0 radical (unpaired) electrons. The fourth-order valence-corrected chi connectivity index (χ4v) is 4.75. The van der Waals surface area contributed by atoms with E-state index in [0.717, 1.165) is 11.3 Å². The van der Waals surface area contributed by atoms with Crippen molar-refractivity contribution in [2.24, 2.45) is 0 Å². The normalized spacial score (nSPS) is 11.0. The van der Waals surface area contributed by atoms with Crippen LogP contribution >= 0.6 is 0 Å². The van der Waals surface area contributed by atoms with E-state index in [-0.39, 0.29) is 24.0 Å². The van der Waals surface area contributed by atoms with Crippen LogP contribution in [0.4, 0.5) is 5.69 Å². The monoisotopic (exact) mass is 468 g/mol. The molecule has 174 valence electrons. The number of nitrogens with zero attached hydrogens (tertiary/aromatic N) is 1. The number of hydrogen-bond acceptors (Lipinski definition) is 5. The molecule has 3 rings (SSSR count).